The fraction of sp³-hybridized carbons (Fsp3) is 0.286. The van der Waals surface area contributed by atoms with Gasteiger partial charge in [-0.05, 0) is 12.1 Å². The zero-order valence-electron chi connectivity index (χ0n) is 12.1. The van der Waals surface area contributed by atoms with Gasteiger partial charge < -0.3 is 15.4 Å². The van der Waals surface area contributed by atoms with Crippen LogP contribution in [0.2, 0.25) is 5.02 Å². The van der Waals surface area contributed by atoms with Crippen LogP contribution < -0.4 is 10.6 Å². The summed E-state index contributed by atoms with van der Waals surface area (Å²) in [6, 6.07) is 4.29. The first-order valence-electron chi connectivity index (χ1n) is 6.96. The van der Waals surface area contributed by atoms with Gasteiger partial charge in [-0.3, -0.25) is 10.1 Å². The summed E-state index contributed by atoms with van der Waals surface area (Å²) < 4.78 is 5.30. The molecule has 0 radical (unpaired) electrons. The van der Waals surface area contributed by atoms with E-state index in [2.05, 4.69) is 9.97 Å². The number of nitrogens with two attached hydrogens (primary N) is 1. The lowest BCUT2D eigenvalue weighted by molar-refractivity contribution is -0.384. The van der Waals surface area contributed by atoms with Gasteiger partial charge >= 0.3 is 0 Å². The van der Waals surface area contributed by atoms with Gasteiger partial charge in [0.1, 0.15) is 5.69 Å². The molecule has 0 amide bonds. The maximum absolute atomic E-state index is 11.3. The van der Waals surface area contributed by atoms with Crippen molar-refractivity contribution >= 4 is 28.9 Å². The minimum absolute atomic E-state index is 0.104. The second-order valence-corrected chi connectivity index (χ2v) is 5.43. The van der Waals surface area contributed by atoms with Crippen molar-refractivity contribution in [2.45, 2.75) is 0 Å². The Kier molecular flexibility index (Phi) is 4.26. The molecule has 0 unspecified atom stereocenters. The van der Waals surface area contributed by atoms with E-state index < -0.39 is 4.92 Å². The molecule has 2 N–H and O–H groups in total. The molecule has 0 saturated carbocycles. The fourth-order valence-corrected chi connectivity index (χ4v) is 2.54. The number of morpholine rings is 1. The van der Waals surface area contributed by atoms with Gasteiger partial charge in [-0.1, -0.05) is 11.6 Å². The molecule has 23 heavy (non-hydrogen) atoms. The smallest absolute Gasteiger partial charge is 0.278 e. The van der Waals surface area contributed by atoms with Crippen LogP contribution in [0.25, 0.3) is 11.3 Å². The van der Waals surface area contributed by atoms with Crippen LogP contribution in [-0.4, -0.2) is 41.2 Å². The number of nitrogens with zero attached hydrogens (tertiary/aromatic N) is 4. The van der Waals surface area contributed by atoms with Crippen LogP contribution >= 0.6 is 11.6 Å². The van der Waals surface area contributed by atoms with Crippen molar-refractivity contribution in [3.63, 3.8) is 0 Å². The number of aromatic nitrogens is 2. The van der Waals surface area contributed by atoms with E-state index in [1.54, 1.807) is 0 Å². The van der Waals surface area contributed by atoms with Crippen molar-refractivity contribution in [1.29, 1.82) is 0 Å². The Morgan fingerprint density at radius 2 is 2.09 bits per heavy atom. The van der Waals surface area contributed by atoms with Crippen LogP contribution in [0, 0.1) is 10.1 Å². The topological polar surface area (TPSA) is 107 Å². The van der Waals surface area contributed by atoms with Crippen molar-refractivity contribution in [1.82, 2.24) is 9.97 Å². The lowest BCUT2D eigenvalue weighted by Crippen LogP contribution is -2.37. The highest BCUT2D eigenvalue weighted by molar-refractivity contribution is 6.31. The molecule has 0 atom stereocenters. The molecule has 1 aromatic heterocycles. The monoisotopic (exact) mass is 335 g/mol. The van der Waals surface area contributed by atoms with Gasteiger partial charge in [0.25, 0.3) is 5.69 Å². The van der Waals surface area contributed by atoms with Crippen LogP contribution in [0.1, 0.15) is 0 Å². The molecule has 2 aromatic rings. The van der Waals surface area contributed by atoms with Crippen LogP contribution in [0.4, 0.5) is 17.3 Å². The minimum Gasteiger partial charge on any atom is -0.396 e. The van der Waals surface area contributed by atoms with E-state index in [9.17, 15) is 10.1 Å². The number of nitro benzene ring substituents is 1. The average molecular weight is 336 g/mol. The fourth-order valence-electron chi connectivity index (χ4n) is 2.37. The number of nitrogen functional groups attached to an aromatic ring is 1. The first-order valence-corrected chi connectivity index (χ1v) is 7.33. The third-order valence-electron chi connectivity index (χ3n) is 3.51. The third kappa shape index (κ3) is 3.17. The number of rotatable bonds is 3. The molecule has 1 saturated heterocycles. The van der Waals surface area contributed by atoms with Crippen LogP contribution in [0.5, 0.6) is 0 Å². The summed E-state index contributed by atoms with van der Waals surface area (Å²) in [5.74, 6) is 0.465. The van der Waals surface area contributed by atoms with Gasteiger partial charge in [0, 0.05) is 24.2 Å². The zero-order valence-corrected chi connectivity index (χ0v) is 12.9. The van der Waals surface area contributed by atoms with E-state index >= 15 is 0 Å². The highest BCUT2D eigenvalue weighted by atomic mass is 35.5. The average Bonchev–Trinajstić information content (AvgIpc) is 2.55. The molecule has 0 aliphatic carbocycles. The summed E-state index contributed by atoms with van der Waals surface area (Å²) in [5, 5.41) is 11.6. The molecule has 2 heterocycles. The van der Waals surface area contributed by atoms with Crippen molar-refractivity contribution in [2.75, 3.05) is 36.9 Å². The summed E-state index contributed by atoms with van der Waals surface area (Å²) in [4.78, 5) is 21.4. The Hall–Kier alpha value is -2.45. The molecule has 1 aliphatic rings. The molecule has 8 nitrogen and oxygen atoms in total. The Morgan fingerprint density at radius 1 is 1.35 bits per heavy atom. The van der Waals surface area contributed by atoms with Crippen LogP contribution in [0.15, 0.2) is 24.4 Å². The summed E-state index contributed by atoms with van der Waals surface area (Å²) in [6.07, 6.45) is 1.46. The van der Waals surface area contributed by atoms with Gasteiger partial charge in [-0.2, -0.15) is 0 Å². The van der Waals surface area contributed by atoms with Gasteiger partial charge in [0.2, 0.25) is 5.95 Å². The number of ether oxygens (including phenoxy) is 1. The largest absolute Gasteiger partial charge is 0.396 e. The number of anilines is 2. The van der Waals surface area contributed by atoms with E-state index in [1.165, 1.54) is 24.4 Å². The lowest BCUT2D eigenvalue weighted by atomic mass is 10.1. The minimum atomic E-state index is -0.485. The number of hydrogen-bond donors (Lipinski definition) is 1. The van der Waals surface area contributed by atoms with E-state index in [1.807, 2.05) is 4.90 Å². The maximum Gasteiger partial charge on any atom is 0.278 e. The highest BCUT2D eigenvalue weighted by Gasteiger charge is 2.21. The van der Waals surface area contributed by atoms with Crippen molar-refractivity contribution in [2.24, 2.45) is 0 Å². The quantitative estimate of drug-likeness (QED) is 0.676. The first-order chi connectivity index (χ1) is 11.1. The Morgan fingerprint density at radius 3 is 2.78 bits per heavy atom. The number of benzene rings is 1. The molecular weight excluding hydrogens is 322 g/mol. The summed E-state index contributed by atoms with van der Waals surface area (Å²) in [5.41, 5.74) is 6.67. The second kappa shape index (κ2) is 6.35. The van der Waals surface area contributed by atoms with Crippen molar-refractivity contribution < 1.29 is 9.66 Å². The summed E-state index contributed by atoms with van der Waals surface area (Å²) >= 11 is 5.98. The van der Waals surface area contributed by atoms with Crippen molar-refractivity contribution in [3.05, 3.63) is 39.5 Å². The normalized spacial score (nSPS) is 14.7. The van der Waals surface area contributed by atoms with Crippen LogP contribution in [0.3, 0.4) is 0 Å². The predicted octanol–water partition coefficient (Wildman–Crippen LogP) is 2.12. The molecular formula is C14H14ClN5O3. The lowest BCUT2D eigenvalue weighted by Gasteiger charge is -2.27. The third-order valence-corrected chi connectivity index (χ3v) is 3.74. The molecule has 9 heteroatoms. The predicted molar refractivity (Wildman–Crippen MR) is 86.6 cm³/mol. The molecule has 1 fully saturated rings. The maximum atomic E-state index is 11.3. The van der Waals surface area contributed by atoms with Crippen molar-refractivity contribution in [3.8, 4) is 11.3 Å². The number of hydrogen-bond acceptors (Lipinski definition) is 7. The van der Waals surface area contributed by atoms with E-state index in [0.29, 0.717) is 43.0 Å². The Balaban J connectivity index is 2.09. The number of nitro groups is 1. The van der Waals surface area contributed by atoms with E-state index in [0.717, 1.165) is 0 Å². The molecule has 1 aromatic carbocycles. The van der Waals surface area contributed by atoms with Gasteiger partial charge in [0.15, 0.2) is 0 Å². The molecule has 0 spiro atoms. The van der Waals surface area contributed by atoms with Crippen LogP contribution in [-0.2, 0) is 4.74 Å². The summed E-state index contributed by atoms with van der Waals surface area (Å²) in [7, 11) is 0. The van der Waals surface area contributed by atoms with Gasteiger partial charge in [0.05, 0.1) is 35.6 Å². The number of halogens is 1. The first kappa shape index (κ1) is 15.4. The van der Waals surface area contributed by atoms with E-state index in [4.69, 9.17) is 22.1 Å². The Bertz CT molecular complexity index is 749. The standard InChI is InChI=1S/C14H14ClN5O3/c15-9-1-2-12(20(21)22)10(7-9)13-11(16)8-17-14(18-13)19-3-5-23-6-4-19/h1-2,7-8H,3-6,16H2. The Labute approximate surface area is 137 Å². The SMILES string of the molecule is Nc1cnc(N2CCOCC2)nc1-c1cc(Cl)ccc1[N+](=O)[O-]. The van der Waals surface area contributed by atoms with E-state index in [-0.39, 0.29) is 16.9 Å². The molecule has 0 bridgehead atoms. The molecule has 1 aliphatic heterocycles. The zero-order chi connectivity index (χ0) is 16.4. The van der Waals surface area contributed by atoms with Gasteiger partial charge in [-0.25, -0.2) is 9.97 Å². The summed E-state index contributed by atoms with van der Waals surface area (Å²) in [6.45, 7) is 2.47. The molecule has 3 rings (SSSR count). The second-order valence-electron chi connectivity index (χ2n) is 4.99. The highest BCUT2D eigenvalue weighted by Crippen LogP contribution is 2.34. The molecule has 120 valence electrons. The van der Waals surface area contributed by atoms with Gasteiger partial charge in [-0.15, -0.1) is 0 Å².